The lowest BCUT2D eigenvalue weighted by Crippen LogP contribution is -2.27. The molecule has 1 fully saturated rings. The molecule has 0 unspecified atom stereocenters. The minimum absolute atomic E-state index is 0.144. The van der Waals surface area contributed by atoms with Crippen molar-refractivity contribution in [1.82, 2.24) is 4.90 Å². The standard InChI is InChI=1S/C23H21Cl2NO6S/c1-3-30-18-10-15(9-17(25)21(18)32-13-20(27)31-4-2)11-19-22(28)26(23(29)33-19)12-14-5-7-16(24)8-6-14/h5-11H,3-4,12-13H2,1-2H3/b19-11+. The molecule has 0 bridgehead atoms. The minimum Gasteiger partial charge on any atom is -0.490 e. The Morgan fingerprint density at radius 2 is 1.79 bits per heavy atom. The Bertz CT molecular complexity index is 1090. The molecule has 0 atom stereocenters. The molecule has 1 aliphatic rings. The number of thioether (sulfide) groups is 1. The summed E-state index contributed by atoms with van der Waals surface area (Å²) in [5.74, 6) is -0.438. The number of carbonyl (C=O) groups is 3. The lowest BCUT2D eigenvalue weighted by Gasteiger charge is -2.14. The molecule has 1 aliphatic heterocycles. The maximum Gasteiger partial charge on any atom is 0.344 e. The summed E-state index contributed by atoms with van der Waals surface area (Å²) in [5.41, 5.74) is 1.33. The van der Waals surface area contributed by atoms with Crippen molar-refractivity contribution in [1.29, 1.82) is 0 Å². The zero-order valence-electron chi connectivity index (χ0n) is 17.9. The molecule has 0 aromatic heterocycles. The van der Waals surface area contributed by atoms with Gasteiger partial charge in [-0.25, -0.2) is 4.79 Å². The van der Waals surface area contributed by atoms with Crippen molar-refractivity contribution in [3.05, 3.63) is 62.5 Å². The Kier molecular flexibility index (Phi) is 8.66. The molecule has 2 aromatic carbocycles. The van der Waals surface area contributed by atoms with E-state index < -0.39 is 11.9 Å². The van der Waals surface area contributed by atoms with E-state index in [9.17, 15) is 14.4 Å². The van der Waals surface area contributed by atoms with Gasteiger partial charge in [-0.2, -0.15) is 0 Å². The van der Waals surface area contributed by atoms with E-state index in [1.807, 2.05) is 0 Å². The third kappa shape index (κ3) is 6.43. The molecule has 1 saturated heterocycles. The van der Waals surface area contributed by atoms with Crippen molar-refractivity contribution in [2.45, 2.75) is 20.4 Å². The number of rotatable bonds is 9. The van der Waals surface area contributed by atoms with Gasteiger partial charge in [-0.1, -0.05) is 35.3 Å². The van der Waals surface area contributed by atoms with E-state index in [0.717, 1.165) is 17.3 Å². The van der Waals surface area contributed by atoms with E-state index in [2.05, 4.69) is 0 Å². The van der Waals surface area contributed by atoms with Crippen molar-refractivity contribution in [2.75, 3.05) is 19.8 Å². The molecule has 1 heterocycles. The van der Waals surface area contributed by atoms with Crippen molar-refractivity contribution in [2.24, 2.45) is 0 Å². The number of carbonyl (C=O) groups excluding carboxylic acids is 3. The van der Waals surface area contributed by atoms with Gasteiger partial charge in [0.05, 0.1) is 29.7 Å². The van der Waals surface area contributed by atoms with Gasteiger partial charge in [-0.3, -0.25) is 14.5 Å². The SMILES string of the molecule is CCOC(=O)COc1c(Cl)cc(/C=C2/SC(=O)N(Cc3ccc(Cl)cc3)C2=O)cc1OCC. The highest BCUT2D eigenvalue weighted by atomic mass is 35.5. The molecule has 10 heteroatoms. The van der Waals surface area contributed by atoms with E-state index in [1.165, 1.54) is 4.90 Å². The zero-order valence-corrected chi connectivity index (χ0v) is 20.3. The van der Waals surface area contributed by atoms with Crippen LogP contribution in [0.3, 0.4) is 0 Å². The number of hydrogen-bond acceptors (Lipinski definition) is 7. The molecular weight excluding hydrogens is 489 g/mol. The van der Waals surface area contributed by atoms with E-state index in [4.69, 9.17) is 37.4 Å². The Balaban J connectivity index is 1.81. The summed E-state index contributed by atoms with van der Waals surface area (Å²) < 4.78 is 16.0. The van der Waals surface area contributed by atoms with Crippen LogP contribution < -0.4 is 9.47 Å². The number of esters is 1. The van der Waals surface area contributed by atoms with Gasteiger partial charge in [0.2, 0.25) is 0 Å². The van der Waals surface area contributed by atoms with Gasteiger partial charge in [-0.15, -0.1) is 0 Å². The molecule has 0 radical (unpaired) electrons. The third-order valence-corrected chi connectivity index (χ3v) is 5.84. The maximum absolute atomic E-state index is 12.8. The molecule has 7 nitrogen and oxygen atoms in total. The summed E-state index contributed by atoms with van der Waals surface area (Å²) >= 11 is 13.1. The van der Waals surface area contributed by atoms with Gasteiger partial charge >= 0.3 is 5.97 Å². The molecule has 0 N–H and O–H groups in total. The first kappa shape index (κ1) is 25.0. The maximum atomic E-state index is 12.8. The highest BCUT2D eigenvalue weighted by molar-refractivity contribution is 8.18. The van der Waals surface area contributed by atoms with E-state index in [0.29, 0.717) is 22.9 Å². The van der Waals surface area contributed by atoms with Gasteiger partial charge in [0.1, 0.15) is 0 Å². The molecule has 0 aliphatic carbocycles. The predicted molar refractivity (Wildman–Crippen MR) is 128 cm³/mol. The largest absolute Gasteiger partial charge is 0.490 e. The average molecular weight is 510 g/mol. The smallest absolute Gasteiger partial charge is 0.344 e. The highest BCUT2D eigenvalue weighted by Crippen LogP contribution is 2.39. The predicted octanol–water partition coefficient (Wildman–Crippen LogP) is 5.57. The summed E-state index contributed by atoms with van der Waals surface area (Å²) in [4.78, 5) is 38.3. The Labute approximate surface area is 205 Å². The van der Waals surface area contributed by atoms with Gasteiger partial charge < -0.3 is 14.2 Å². The molecule has 2 amide bonds. The van der Waals surface area contributed by atoms with Crippen LogP contribution in [0.25, 0.3) is 6.08 Å². The number of ether oxygens (including phenoxy) is 3. The van der Waals surface area contributed by atoms with Crippen molar-refractivity contribution in [3.63, 3.8) is 0 Å². The topological polar surface area (TPSA) is 82.1 Å². The zero-order chi connectivity index (χ0) is 24.0. The monoisotopic (exact) mass is 509 g/mol. The number of benzene rings is 2. The van der Waals surface area contributed by atoms with Crippen LogP contribution in [-0.2, 0) is 20.9 Å². The summed E-state index contributed by atoms with van der Waals surface area (Å²) in [6, 6.07) is 10.1. The molecule has 2 aromatic rings. The van der Waals surface area contributed by atoms with E-state index in [-0.39, 0.29) is 40.7 Å². The molecule has 174 valence electrons. The quantitative estimate of drug-likeness (QED) is 0.322. The van der Waals surface area contributed by atoms with Gasteiger partial charge in [0.15, 0.2) is 18.1 Å². The average Bonchev–Trinajstić information content (AvgIpc) is 3.02. The number of imide groups is 1. The summed E-state index contributed by atoms with van der Waals surface area (Å²) in [6.07, 6.45) is 1.57. The number of amides is 2. The van der Waals surface area contributed by atoms with Crippen LogP contribution in [0.4, 0.5) is 4.79 Å². The summed E-state index contributed by atoms with van der Waals surface area (Å²) in [5, 5.41) is 0.396. The van der Waals surface area contributed by atoms with Gasteiger partial charge in [-0.05, 0) is 67.1 Å². The van der Waals surface area contributed by atoms with Crippen molar-refractivity contribution < 1.29 is 28.6 Å². The first-order chi connectivity index (χ1) is 15.8. The molecular formula is C23H21Cl2NO6S. The normalized spacial score (nSPS) is 14.7. The third-order valence-electron chi connectivity index (χ3n) is 4.40. The van der Waals surface area contributed by atoms with Crippen LogP contribution in [0, 0.1) is 0 Å². The van der Waals surface area contributed by atoms with Crippen LogP contribution in [-0.4, -0.2) is 41.8 Å². The lowest BCUT2D eigenvalue weighted by atomic mass is 10.1. The lowest BCUT2D eigenvalue weighted by molar-refractivity contribution is -0.145. The molecule has 0 spiro atoms. The summed E-state index contributed by atoms with van der Waals surface area (Å²) in [6.45, 7) is 3.87. The van der Waals surface area contributed by atoms with Crippen LogP contribution in [0.15, 0.2) is 41.3 Å². The van der Waals surface area contributed by atoms with Gasteiger partial charge in [0, 0.05) is 5.02 Å². The van der Waals surface area contributed by atoms with Crippen molar-refractivity contribution in [3.8, 4) is 11.5 Å². The van der Waals surface area contributed by atoms with Crippen molar-refractivity contribution >= 4 is 58.2 Å². The number of halogens is 2. The summed E-state index contributed by atoms with van der Waals surface area (Å²) in [7, 11) is 0. The first-order valence-corrected chi connectivity index (χ1v) is 11.6. The second kappa shape index (κ2) is 11.4. The second-order valence-corrected chi connectivity index (χ2v) is 8.59. The fraction of sp³-hybridized carbons (Fsp3) is 0.261. The van der Waals surface area contributed by atoms with Crippen LogP contribution >= 0.6 is 35.0 Å². The second-order valence-electron chi connectivity index (χ2n) is 6.75. The number of hydrogen-bond donors (Lipinski definition) is 0. The van der Waals surface area contributed by atoms with E-state index in [1.54, 1.807) is 56.3 Å². The molecule has 0 saturated carbocycles. The Hall–Kier alpha value is -2.68. The van der Waals surface area contributed by atoms with Crippen LogP contribution in [0.5, 0.6) is 11.5 Å². The first-order valence-electron chi connectivity index (χ1n) is 10.1. The number of nitrogens with zero attached hydrogens (tertiary/aromatic N) is 1. The highest BCUT2D eigenvalue weighted by Gasteiger charge is 2.35. The molecule has 3 rings (SSSR count). The molecule has 33 heavy (non-hydrogen) atoms. The van der Waals surface area contributed by atoms with E-state index >= 15 is 0 Å². The van der Waals surface area contributed by atoms with Gasteiger partial charge in [0.25, 0.3) is 11.1 Å². The Morgan fingerprint density at radius 3 is 2.45 bits per heavy atom. The van der Waals surface area contributed by atoms with Crippen LogP contribution in [0.2, 0.25) is 10.0 Å². The fourth-order valence-electron chi connectivity index (χ4n) is 2.97. The Morgan fingerprint density at radius 1 is 1.06 bits per heavy atom. The fourth-order valence-corrected chi connectivity index (χ4v) is 4.21. The minimum atomic E-state index is -0.533. The van der Waals surface area contributed by atoms with Crippen LogP contribution in [0.1, 0.15) is 25.0 Å².